The average molecular weight is 369 g/mol. The molecule has 1 heterocycles. The molecule has 1 aromatic carbocycles. The van der Waals surface area contributed by atoms with Crippen molar-refractivity contribution in [3.05, 3.63) is 50.8 Å². The third kappa shape index (κ3) is 3.95. The van der Waals surface area contributed by atoms with E-state index in [-0.39, 0.29) is 5.41 Å². The lowest BCUT2D eigenvalue weighted by Gasteiger charge is -2.21. The smallest absolute Gasteiger partial charge is 0.144 e. The molecule has 0 atom stereocenters. The van der Waals surface area contributed by atoms with Gasteiger partial charge in [-0.3, -0.25) is 0 Å². The van der Waals surface area contributed by atoms with Gasteiger partial charge in [0.2, 0.25) is 0 Å². The molecule has 3 nitrogen and oxygen atoms in total. The van der Waals surface area contributed by atoms with Gasteiger partial charge in [-0.25, -0.2) is 9.97 Å². The van der Waals surface area contributed by atoms with Crippen LogP contribution in [0.3, 0.4) is 0 Å². The van der Waals surface area contributed by atoms with Crippen LogP contribution in [0.15, 0.2) is 28.7 Å². The predicted molar refractivity (Wildman–Crippen MR) is 92.2 cm³/mol. The summed E-state index contributed by atoms with van der Waals surface area (Å²) in [5.41, 5.74) is 2.09. The first kappa shape index (κ1) is 16.2. The second kappa shape index (κ2) is 6.32. The number of hydrogen-bond acceptors (Lipinski definition) is 3. The topological polar surface area (TPSA) is 37.8 Å². The molecule has 0 aliphatic heterocycles. The fraction of sp³-hybridized carbons (Fsp3) is 0.375. The molecule has 0 saturated carbocycles. The summed E-state index contributed by atoms with van der Waals surface area (Å²) in [5, 5.41) is 3.86. The summed E-state index contributed by atoms with van der Waals surface area (Å²) in [6, 6.07) is 7.78. The van der Waals surface area contributed by atoms with Crippen molar-refractivity contribution in [1.82, 2.24) is 9.97 Å². The van der Waals surface area contributed by atoms with Crippen LogP contribution in [0.4, 0.5) is 5.82 Å². The summed E-state index contributed by atoms with van der Waals surface area (Å²) in [6.07, 6.45) is 0.683. The maximum absolute atomic E-state index is 5.92. The molecule has 0 aliphatic carbocycles. The van der Waals surface area contributed by atoms with Crippen LogP contribution in [0.1, 0.15) is 37.9 Å². The van der Waals surface area contributed by atoms with Gasteiger partial charge in [-0.05, 0) is 33.6 Å². The van der Waals surface area contributed by atoms with Gasteiger partial charge in [-0.2, -0.15) is 0 Å². The zero-order chi connectivity index (χ0) is 15.6. The minimum atomic E-state index is -0.0535. The molecule has 2 aromatic rings. The predicted octanol–water partition coefficient (Wildman–Crippen LogP) is 4.82. The van der Waals surface area contributed by atoms with E-state index in [0.717, 1.165) is 32.4 Å². The Balaban J connectivity index is 2.42. The molecule has 0 radical (unpaired) electrons. The summed E-state index contributed by atoms with van der Waals surface area (Å²) >= 11 is 9.52. The van der Waals surface area contributed by atoms with Crippen LogP contribution >= 0.6 is 27.5 Å². The highest BCUT2D eigenvalue weighted by Crippen LogP contribution is 2.32. The molecule has 0 bridgehead atoms. The average Bonchev–Trinajstić information content (AvgIpc) is 2.42. The normalized spacial score (nSPS) is 11.5. The largest absolute Gasteiger partial charge is 0.372 e. The number of halogens is 2. The number of hydrogen-bond donors (Lipinski definition) is 1. The summed E-state index contributed by atoms with van der Waals surface area (Å²) in [4.78, 5) is 9.32. The van der Waals surface area contributed by atoms with E-state index in [1.807, 2.05) is 31.3 Å². The maximum Gasteiger partial charge on any atom is 0.144 e. The number of anilines is 1. The van der Waals surface area contributed by atoms with Gasteiger partial charge in [0, 0.05) is 23.9 Å². The van der Waals surface area contributed by atoms with E-state index in [9.17, 15) is 0 Å². The molecule has 1 N–H and O–H groups in total. The molecule has 5 heteroatoms. The van der Waals surface area contributed by atoms with E-state index < -0.39 is 0 Å². The Morgan fingerprint density at radius 2 is 1.76 bits per heavy atom. The second-order valence-corrected chi connectivity index (χ2v) is 7.18. The Bertz CT molecular complexity index is 633. The summed E-state index contributed by atoms with van der Waals surface area (Å²) < 4.78 is 0.928. The number of nitrogens with zero attached hydrogens (tertiary/aromatic N) is 2. The van der Waals surface area contributed by atoms with Crippen LogP contribution < -0.4 is 5.32 Å². The summed E-state index contributed by atoms with van der Waals surface area (Å²) in [7, 11) is 1.87. The van der Waals surface area contributed by atoms with Crippen molar-refractivity contribution in [2.75, 3.05) is 12.4 Å². The highest BCUT2D eigenvalue weighted by Gasteiger charge is 2.22. The third-order valence-corrected chi connectivity index (χ3v) is 4.12. The Morgan fingerprint density at radius 1 is 1.14 bits per heavy atom. The molecule has 0 fully saturated rings. The van der Waals surface area contributed by atoms with E-state index in [2.05, 4.69) is 47.0 Å². The van der Waals surface area contributed by atoms with Gasteiger partial charge < -0.3 is 5.32 Å². The van der Waals surface area contributed by atoms with Crippen LogP contribution in [0, 0.1) is 0 Å². The first-order valence-corrected chi connectivity index (χ1v) is 7.97. The van der Waals surface area contributed by atoms with Crippen molar-refractivity contribution >= 4 is 33.3 Å². The highest BCUT2D eigenvalue weighted by atomic mass is 79.9. The van der Waals surface area contributed by atoms with E-state index in [1.165, 1.54) is 0 Å². The lowest BCUT2D eigenvalue weighted by atomic mass is 9.91. The highest BCUT2D eigenvalue weighted by molar-refractivity contribution is 9.10. The fourth-order valence-corrected chi connectivity index (χ4v) is 3.12. The summed E-state index contributed by atoms with van der Waals surface area (Å²) in [5.74, 6) is 1.62. The molecule has 0 aliphatic rings. The summed E-state index contributed by atoms with van der Waals surface area (Å²) in [6.45, 7) is 6.43. The lowest BCUT2D eigenvalue weighted by Crippen LogP contribution is -2.18. The van der Waals surface area contributed by atoms with Gasteiger partial charge in [0.25, 0.3) is 0 Å². The molecule has 21 heavy (non-hydrogen) atoms. The van der Waals surface area contributed by atoms with Crippen LogP contribution in [-0.4, -0.2) is 17.0 Å². The van der Waals surface area contributed by atoms with E-state index >= 15 is 0 Å². The number of aromatic nitrogens is 2. The maximum atomic E-state index is 5.92. The van der Waals surface area contributed by atoms with E-state index in [1.54, 1.807) is 0 Å². The third-order valence-electron chi connectivity index (χ3n) is 3.12. The Morgan fingerprint density at radius 3 is 2.29 bits per heavy atom. The molecular formula is C16H19BrClN3. The SMILES string of the molecule is CNc1nc(Cc2ccc(Cl)cc2)nc(C(C)(C)C)c1Br. The van der Waals surface area contributed by atoms with Crippen LogP contribution in [0.2, 0.25) is 5.02 Å². The standard InChI is InChI=1S/C16H19BrClN3/c1-16(2,3)14-13(17)15(19-4)21-12(20-14)9-10-5-7-11(18)8-6-10/h5-8H,9H2,1-4H3,(H,19,20,21). The molecule has 1 aromatic heterocycles. The first-order valence-electron chi connectivity index (χ1n) is 6.80. The van der Waals surface area contributed by atoms with E-state index in [0.29, 0.717) is 6.42 Å². The molecule has 0 saturated heterocycles. The lowest BCUT2D eigenvalue weighted by molar-refractivity contribution is 0.559. The molecule has 112 valence electrons. The van der Waals surface area contributed by atoms with Gasteiger partial charge >= 0.3 is 0 Å². The fourth-order valence-electron chi connectivity index (χ4n) is 2.02. The van der Waals surface area contributed by atoms with Crippen molar-refractivity contribution in [3.63, 3.8) is 0 Å². The van der Waals surface area contributed by atoms with Crippen molar-refractivity contribution < 1.29 is 0 Å². The second-order valence-electron chi connectivity index (χ2n) is 5.95. The van der Waals surface area contributed by atoms with Gasteiger partial charge in [-0.15, -0.1) is 0 Å². The van der Waals surface area contributed by atoms with Gasteiger partial charge in [0.05, 0.1) is 10.2 Å². The van der Waals surface area contributed by atoms with Crippen molar-refractivity contribution in [1.29, 1.82) is 0 Å². The molecule has 0 unspecified atom stereocenters. The monoisotopic (exact) mass is 367 g/mol. The van der Waals surface area contributed by atoms with Gasteiger partial charge in [0.15, 0.2) is 0 Å². The number of benzene rings is 1. The van der Waals surface area contributed by atoms with Gasteiger partial charge in [-0.1, -0.05) is 44.5 Å². The molecule has 2 rings (SSSR count). The van der Waals surface area contributed by atoms with Crippen LogP contribution in [0.5, 0.6) is 0 Å². The molecule has 0 amide bonds. The Labute approximate surface area is 139 Å². The minimum absolute atomic E-state index is 0.0535. The zero-order valence-corrected chi connectivity index (χ0v) is 15.0. The van der Waals surface area contributed by atoms with Crippen LogP contribution in [-0.2, 0) is 11.8 Å². The van der Waals surface area contributed by atoms with Crippen LogP contribution in [0.25, 0.3) is 0 Å². The first-order chi connectivity index (χ1) is 9.81. The van der Waals surface area contributed by atoms with Gasteiger partial charge in [0.1, 0.15) is 11.6 Å². The molecule has 0 spiro atoms. The van der Waals surface area contributed by atoms with Crippen molar-refractivity contribution in [2.45, 2.75) is 32.6 Å². The van der Waals surface area contributed by atoms with Crippen molar-refractivity contribution in [2.24, 2.45) is 0 Å². The Kier molecular flexibility index (Phi) is 4.89. The van der Waals surface area contributed by atoms with Crippen molar-refractivity contribution in [3.8, 4) is 0 Å². The quantitative estimate of drug-likeness (QED) is 0.844. The number of nitrogens with one attached hydrogen (secondary N) is 1. The molecular weight excluding hydrogens is 350 g/mol. The number of rotatable bonds is 3. The van der Waals surface area contributed by atoms with E-state index in [4.69, 9.17) is 16.6 Å². The zero-order valence-electron chi connectivity index (χ0n) is 12.7. The Hall–Kier alpha value is -1.13. The minimum Gasteiger partial charge on any atom is -0.372 e.